The van der Waals surface area contributed by atoms with Gasteiger partial charge in [0.05, 0.1) is 6.54 Å². The van der Waals surface area contributed by atoms with Gasteiger partial charge in [-0.15, -0.1) is 0 Å². The van der Waals surface area contributed by atoms with Gasteiger partial charge in [-0.2, -0.15) is 8.78 Å². The Morgan fingerprint density at radius 3 is 2.66 bits per heavy atom. The standard InChI is InChI=1S/C21H22F2N2O3S/c22-21(23)29-16-6-4-15(5-7-16)24-20(26)13-25-9-1-2-17(25)14-3-8-18-19(12-14)28-11-10-27-18/h3-8,12,17,21H,1-2,9-11,13H2,(H,24,26)/p+1/t17-/m0/s1. The highest BCUT2D eigenvalue weighted by Crippen LogP contribution is 2.33. The topological polar surface area (TPSA) is 52.0 Å². The van der Waals surface area contributed by atoms with Gasteiger partial charge < -0.3 is 19.7 Å². The van der Waals surface area contributed by atoms with Crippen molar-refractivity contribution in [2.45, 2.75) is 29.5 Å². The summed E-state index contributed by atoms with van der Waals surface area (Å²) in [5, 5.41) is 2.87. The van der Waals surface area contributed by atoms with Crippen LogP contribution >= 0.6 is 11.8 Å². The molecule has 5 nitrogen and oxygen atoms in total. The number of fused-ring (bicyclic) bond motifs is 1. The maximum atomic E-state index is 12.5. The molecule has 2 aliphatic rings. The maximum absolute atomic E-state index is 12.5. The van der Waals surface area contributed by atoms with Crippen LogP contribution in [0.1, 0.15) is 24.4 Å². The third-order valence-electron chi connectivity index (χ3n) is 5.20. The molecule has 2 N–H and O–H groups in total. The van der Waals surface area contributed by atoms with Crippen LogP contribution in [0.5, 0.6) is 11.5 Å². The van der Waals surface area contributed by atoms with E-state index in [0.29, 0.717) is 42.1 Å². The number of hydrogen-bond donors (Lipinski definition) is 2. The summed E-state index contributed by atoms with van der Waals surface area (Å²) in [5.41, 5.74) is 1.77. The van der Waals surface area contributed by atoms with Crippen LogP contribution in [0.4, 0.5) is 14.5 Å². The van der Waals surface area contributed by atoms with E-state index in [0.717, 1.165) is 36.4 Å². The second kappa shape index (κ2) is 9.00. The van der Waals surface area contributed by atoms with Crippen molar-refractivity contribution in [3.8, 4) is 11.5 Å². The van der Waals surface area contributed by atoms with Gasteiger partial charge in [0.15, 0.2) is 18.0 Å². The van der Waals surface area contributed by atoms with E-state index in [2.05, 4.69) is 11.4 Å². The third kappa shape index (κ3) is 5.00. The molecule has 2 aliphatic heterocycles. The van der Waals surface area contributed by atoms with Crippen LogP contribution in [0, 0.1) is 0 Å². The molecule has 0 aliphatic carbocycles. The van der Waals surface area contributed by atoms with Crippen molar-refractivity contribution in [2.24, 2.45) is 0 Å². The number of likely N-dealkylation sites (tertiary alicyclic amines) is 1. The fourth-order valence-corrected chi connectivity index (χ4v) is 4.43. The molecule has 2 aromatic carbocycles. The molecule has 1 fully saturated rings. The fraction of sp³-hybridized carbons (Fsp3) is 0.381. The maximum Gasteiger partial charge on any atom is 0.288 e. The zero-order valence-electron chi connectivity index (χ0n) is 15.8. The Morgan fingerprint density at radius 2 is 1.90 bits per heavy atom. The van der Waals surface area contributed by atoms with Crippen molar-refractivity contribution >= 4 is 23.4 Å². The molecule has 2 heterocycles. The largest absolute Gasteiger partial charge is 0.486 e. The predicted molar refractivity (Wildman–Crippen MR) is 107 cm³/mol. The minimum Gasteiger partial charge on any atom is -0.486 e. The highest BCUT2D eigenvalue weighted by molar-refractivity contribution is 7.99. The van der Waals surface area contributed by atoms with E-state index in [1.54, 1.807) is 24.3 Å². The summed E-state index contributed by atoms with van der Waals surface area (Å²) in [4.78, 5) is 14.2. The van der Waals surface area contributed by atoms with Gasteiger partial charge in [-0.05, 0) is 42.5 Å². The Labute approximate surface area is 172 Å². The summed E-state index contributed by atoms with van der Waals surface area (Å²) in [7, 11) is 0. The van der Waals surface area contributed by atoms with E-state index in [1.165, 1.54) is 4.90 Å². The number of quaternary nitrogens is 1. The molecule has 0 aromatic heterocycles. The first kappa shape index (κ1) is 20.0. The number of halogens is 2. The van der Waals surface area contributed by atoms with Crippen molar-refractivity contribution < 1.29 is 27.9 Å². The second-order valence-corrected chi connectivity index (χ2v) is 8.20. The Hall–Kier alpha value is -2.32. The molecule has 29 heavy (non-hydrogen) atoms. The number of nitrogens with one attached hydrogen (secondary N) is 2. The van der Waals surface area contributed by atoms with Crippen LogP contribution in [-0.2, 0) is 4.79 Å². The first-order chi connectivity index (χ1) is 14.1. The molecule has 0 saturated carbocycles. The minimum absolute atomic E-state index is 0.0845. The average Bonchev–Trinajstić information content (AvgIpc) is 3.16. The Morgan fingerprint density at radius 1 is 1.14 bits per heavy atom. The molecule has 2 aromatic rings. The lowest BCUT2D eigenvalue weighted by molar-refractivity contribution is -0.910. The number of amides is 1. The molecule has 154 valence electrons. The number of thioether (sulfide) groups is 1. The van der Waals surface area contributed by atoms with Gasteiger partial charge in [-0.25, -0.2) is 0 Å². The summed E-state index contributed by atoms with van der Waals surface area (Å²) < 4.78 is 36.1. The average molecular weight is 421 g/mol. The number of alkyl halides is 2. The molecule has 1 unspecified atom stereocenters. The highest BCUT2D eigenvalue weighted by Gasteiger charge is 2.32. The Bertz CT molecular complexity index is 864. The fourth-order valence-electron chi connectivity index (χ4n) is 3.93. The highest BCUT2D eigenvalue weighted by atomic mass is 32.2. The van der Waals surface area contributed by atoms with E-state index >= 15 is 0 Å². The number of carbonyl (C=O) groups excluding carboxylic acids is 1. The number of hydrogen-bond acceptors (Lipinski definition) is 4. The first-order valence-corrected chi connectivity index (χ1v) is 10.6. The third-order valence-corrected chi connectivity index (χ3v) is 5.93. The lowest BCUT2D eigenvalue weighted by Crippen LogP contribution is -3.11. The Kier molecular flexibility index (Phi) is 6.20. The van der Waals surface area contributed by atoms with Crippen molar-refractivity contribution in [3.63, 3.8) is 0 Å². The quantitative estimate of drug-likeness (QED) is 0.704. The first-order valence-electron chi connectivity index (χ1n) is 9.67. The van der Waals surface area contributed by atoms with Crippen molar-refractivity contribution in [2.75, 3.05) is 31.6 Å². The predicted octanol–water partition coefficient (Wildman–Crippen LogP) is 3.13. The van der Waals surface area contributed by atoms with Crippen LogP contribution in [0.25, 0.3) is 0 Å². The summed E-state index contributed by atoms with van der Waals surface area (Å²) in [6, 6.07) is 12.8. The molecular formula is C21H23F2N2O3S+. The van der Waals surface area contributed by atoms with Crippen LogP contribution in [0.3, 0.4) is 0 Å². The van der Waals surface area contributed by atoms with Crippen LogP contribution < -0.4 is 19.7 Å². The van der Waals surface area contributed by atoms with Crippen molar-refractivity contribution in [1.29, 1.82) is 0 Å². The van der Waals surface area contributed by atoms with Crippen LogP contribution in [0.2, 0.25) is 0 Å². The van der Waals surface area contributed by atoms with Gasteiger partial charge in [0, 0.05) is 29.0 Å². The molecule has 8 heteroatoms. The van der Waals surface area contributed by atoms with Crippen molar-refractivity contribution in [1.82, 2.24) is 0 Å². The summed E-state index contributed by atoms with van der Waals surface area (Å²) >= 11 is 0.490. The van der Waals surface area contributed by atoms with E-state index in [-0.39, 0.29) is 11.9 Å². The minimum atomic E-state index is -2.45. The van der Waals surface area contributed by atoms with Gasteiger partial charge >= 0.3 is 0 Å². The normalized spacial score (nSPS) is 20.7. The van der Waals surface area contributed by atoms with E-state index < -0.39 is 5.76 Å². The molecule has 1 amide bonds. The number of benzene rings is 2. The lowest BCUT2D eigenvalue weighted by atomic mass is 10.0. The van der Waals surface area contributed by atoms with Crippen LogP contribution in [0.15, 0.2) is 47.4 Å². The smallest absolute Gasteiger partial charge is 0.288 e. The van der Waals surface area contributed by atoms with Gasteiger partial charge in [-0.3, -0.25) is 4.79 Å². The molecular weight excluding hydrogens is 398 g/mol. The van der Waals surface area contributed by atoms with E-state index in [9.17, 15) is 13.6 Å². The Balaban J connectivity index is 1.37. The van der Waals surface area contributed by atoms with Gasteiger partial charge in [-0.1, -0.05) is 11.8 Å². The van der Waals surface area contributed by atoms with E-state index in [1.807, 2.05) is 12.1 Å². The molecule has 1 saturated heterocycles. The van der Waals surface area contributed by atoms with Gasteiger partial charge in [0.1, 0.15) is 19.3 Å². The molecule has 2 atom stereocenters. The molecule has 0 bridgehead atoms. The summed E-state index contributed by atoms with van der Waals surface area (Å²) in [6.45, 7) is 2.40. The number of ether oxygens (including phenoxy) is 2. The zero-order valence-corrected chi connectivity index (χ0v) is 16.6. The summed E-state index contributed by atoms with van der Waals surface area (Å²) in [5.74, 6) is -0.998. The lowest BCUT2D eigenvalue weighted by Gasteiger charge is -2.24. The van der Waals surface area contributed by atoms with Crippen LogP contribution in [-0.4, -0.2) is 38.0 Å². The number of rotatable bonds is 6. The van der Waals surface area contributed by atoms with Crippen molar-refractivity contribution in [3.05, 3.63) is 48.0 Å². The number of carbonyl (C=O) groups is 1. The molecule has 0 spiro atoms. The summed E-state index contributed by atoms with van der Waals surface area (Å²) in [6.07, 6.45) is 2.07. The molecule has 0 radical (unpaired) electrons. The number of anilines is 1. The van der Waals surface area contributed by atoms with Gasteiger partial charge in [0.25, 0.3) is 11.7 Å². The second-order valence-electron chi connectivity index (χ2n) is 7.13. The monoisotopic (exact) mass is 421 g/mol. The SMILES string of the molecule is O=C(C[NH+]1CCC[C@H]1c1ccc2c(c1)OCCO2)Nc1ccc(SC(F)F)cc1. The van der Waals surface area contributed by atoms with Gasteiger partial charge in [0.2, 0.25) is 0 Å². The zero-order chi connectivity index (χ0) is 20.2. The molecule has 4 rings (SSSR count). The van der Waals surface area contributed by atoms with E-state index in [4.69, 9.17) is 9.47 Å².